The molecule has 164 valence electrons. The van der Waals surface area contributed by atoms with Crippen LogP contribution in [0.4, 0.5) is 10.1 Å². The van der Waals surface area contributed by atoms with Gasteiger partial charge in [-0.1, -0.05) is 75.1 Å². The minimum Gasteiger partial charge on any atom is -0.279 e. The van der Waals surface area contributed by atoms with Crippen molar-refractivity contribution in [1.29, 1.82) is 0 Å². The molecule has 3 aromatic carbocycles. The van der Waals surface area contributed by atoms with Gasteiger partial charge in [-0.2, -0.15) is 0 Å². The van der Waals surface area contributed by atoms with E-state index in [1.807, 2.05) is 24.3 Å². The summed E-state index contributed by atoms with van der Waals surface area (Å²) >= 11 is 0. The number of aryl methyl sites for hydroxylation is 2. The number of rotatable bonds is 10. The van der Waals surface area contributed by atoms with Crippen molar-refractivity contribution in [2.24, 2.45) is 0 Å². The zero-order chi connectivity index (χ0) is 22.3. The Morgan fingerprint density at radius 3 is 2.35 bits per heavy atom. The minimum absolute atomic E-state index is 0.226. The quantitative estimate of drug-likeness (QED) is 0.342. The molecular weight excluding hydrogens is 409 g/mol. The summed E-state index contributed by atoms with van der Waals surface area (Å²) in [6.07, 6.45) is 6.72. The molecule has 1 N–H and O–H groups in total. The maximum absolute atomic E-state index is 14.5. The van der Waals surface area contributed by atoms with Gasteiger partial charge in [-0.05, 0) is 60.7 Å². The van der Waals surface area contributed by atoms with E-state index in [1.54, 1.807) is 43.3 Å². The van der Waals surface area contributed by atoms with Gasteiger partial charge in [-0.25, -0.2) is 12.8 Å². The fourth-order valence-electron chi connectivity index (χ4n) is 3.63. The van der Waals surface area contributed by atoms with Gasteiger partial charge in [0.1, 0.15) is 5.82 Å². The molecule has 0 unspecified atom stereocenters. The van der Waals surface area contributed by atoms with Crippen LogP contribution in [0.3, 0.4) is 0 Å². The van der Waals surface area contributed by atoms with Gasteiger partial charge in [0.05, 0.1) is 10.6 Å². The molecule has 0 radical (unpaired) electrons. The van der Waals surface area contributed by atoms with Gasteiger partial charge in [0.25, 0.3) is 10.0 Å². The molecule has 5 heteroatoms. The SMILES string of the molecule is CCCCCCCc1cccc(S(=O)(=O)Nc2cc(-c3ccccc3)c(F)cc2C)c1. The van der Waals surface area contributed by atoms with Crippen LogP contribution >= 0.6 is 0 Å². The molecule has 0 saturated carbocycles. The summed E-state index contributed by atoms with van der Waals surface area (Å²) in [5.41, 5.74) is 2.99. The number of nitrogens with one attached hydrogen (secondary N) is 1. The third-order valence-electron chi connectivity index (χ3n) is 5.42. The van der Waals surface area contributed by atoms with E-state index in [4.69, 9.17) is 0 Å². The molecule has 3 rings (SSSR count). The van der Waals surface area contributed by atoms with Crippen LogP contribution in [-0.2, 0) is 16.4 Å². The third kappa shape index (κ3) is 6.17. The smallest absolute Gasteiger partial charge is 0.261 e. The highest BCUT2D eigenvalue weighted by Crippen LogP contribution is 2.30. The Bertz CT molecular complexity index is 1110. The first-order valence-electron chi connectivity index (χ1n) is 10.9. The van der Waals surface area contributed by atoms with Crippen LogP contribution in [0.5, 0.6) is 0 Å². The second-order valence-electron chi connectivity index (χ2n) is 7.93. The molecule has 31 heavy (non-hydrogen) atoms. The Hall–Kier alpha value is -2.66. The van der Waals surface area contributed by atoms with Gasteiger partial charge in [-0.3, -0.25) is 4.72 Å². The average molecular weight is 440 g/mol. The van der Waals surface area contributed by atoms with Gasteiger partial charge in [0.2, 0.25) is 0 Å². The molecular formula is C26H30FNO2S. The molecule has 0 aliphatic carbocycles. The highest BCUT2D eigenvalue weighted by atomic mass is 32.2. The molecule has 0 amide bonds. The van der Waals surface area contributed by atoms with Gasteiger partial charge in [-0.15, -0.1) is 0 Å². The lowest BCUT2D eigenvalue weighted by Gasteiger charge is -2.14. The van der Waals surface area contributed by atoms with Crippen molar-refractivity contribution in [3.05, 3.63) is 83.7 Å². The number of hydrogen-bond donors (Lipinski definition) is 1. The first-order chi connectivity index (χ1) is 14.9. The van der Waals surface area contributed by atoms with Crippen LogP contribution in [0, 0.1) is 12.7 Å². The number of halogens is 1. The second kappa shape index (κ2) is 10.6. The van der Waals surface area contributed by atoms with Crippen LogP contribution in [0.25, 0.3) is 11.1 Å². The van der Waals surface area contributed by atoms with Crippen LogP contribution < -0.4 is 4.72 Å². The molecule has 0 atom stereocenters. The molecule has 0 bridgehead atoms. The van der Waals surface area contributed by atoms with Crippen LogP contribution in [-0.4, -0.2) is 8.42 Å². The lowest BCUT2D eigenvalue weighted by Crippen LogP contribution is -2.14. The predicted octanol–water partition coefficient (Wildman–Crippen LogP) is 7.11. The largest absolute Gasteiger partial charge is 0.279 e. The standard InChI is InChI=1S/C26H30FNO2S/c1-3-4-5-6-8-12-21-13-11-16-23(18-21)31(29,30)28-26-19-24(25(27)17-20(26)2)22-14-9-7-10-15-22/h7,9-11,13-19,28H,3-6,8,12H2,1-2H3. The van der Waals surface area contributed by atoms with E-state index >= 15 is 0 Å². The van der Waals surface area contributed by atoms with E-state index in [1.165, 1.54) is 25.3 Å². The van der Waals surface area contributed by atoms with Crippen LogP contribution in [0.2, 0.25) is 0 Å². The number of hydrogen-bond acceptors (Lipinski definition) is 2. The van der Waals surface area contributed by atoms with E-state index < -0.39 is 10.0 Å². The minimum atomic E-state index is -3.78. The molecule has 0 aliphatic rings. The topological polar surface area (TPSA) is 46.2 Å². The van der Waals surface area contributed by atoms with Crippen molar-refractivity contribution in [3.8, 4) is 11.1 Å². The fraction of sp³-hybridized carbons (Fsp3) is 0.308. The summed E-state index contributed by atoms with van der Waals surface area (Å²) in [5.74, 6) is -0.378. The Morgan fingerprint density at radius 2 is 1.61 bits per heavy atom. The lowest BCUT2D eigenvalue weighted by atomic mass is 10.0. The molecule has 0 fully saturated rings. The van der Waals surface area contributed by atoms with E-state index in [0.29, 0.717) is 22.4 Å². The van der Waals surface area contributed by atoms with Crippen molar-refractivity contribution in [3.63, 3.8) is 0 Å². The third-order valence-corrected chi connectivity index (χ3v) is 6.78. The highest BCUT2D eigenvalue weighted by Gasteiger charge is 2.18. The van der Waals surface area contributed by atoms with Gasteiger partial charge in [0, 0.05) is 5.56 Å². The molecule has 0 aromatic heterocycles. The Morgan fingerprint density at radius 1 is 0.871 bits per heavy atom. The zero-order valence-electron chi connectivity index (χ0n) is 18.2. The number of benzene rings is 3. The van der Waals surface area contributed by atoms with E-state index in [9.17, 15) is 12.8 Å². The van der Waals surface area contributed by atoms with Crippen molar-refractivity contribution < 1.29 is 12.8 Å². The molecule has 0 aliphatic heterocycles. The summed E-state index contributed by atoms with van der Waals surface area (Å²) in [4.78, 5) is 0.226. The summed E-state index contributed by atoms with van der Waals surface area (Å²) < 4.78 is 43.3. The van der Waals surface area contributed by atoms with Gasteiger partial charge >= 0.3 is 0 Å². The summed E-state index contributed by atoms with van der Waals surface area (Å²) in [5, 5.41) is 0. The molecule has 0 heterocycles. The van der Waals surface area contributed by atoms with Crippen molar-refractivity contribution in [2.45, 2.75) is 57.3 Å². The van der Waals surface area contributed by atoms with Gasteiger partial charge < -0.3 is 0 Å². The summed E-state index contributed by atoms with van der Waals surface area (Å²) in [7, 11) is -3.78. The predicted molar refractivity (Wildman–Crippen MR) is 126 cm³/mol. The Kier molecular flexibility index (Phi) is 7.85. The first kappa shape index (κ1) is 23.0. The Labute approximate surface area is 185 Å². The number of unbranched alkanes of at least 4 members (excludes halogenated alkanes) is 4. The van der Waals surface area contributed by atoms with Crippen molar-refractivity contribution in [2.75, 3.05) is 4.72 Å². The van der Waals surface area contributed by atoms with E-state index in [-0.39, 0.29) is 10.7 Å². The van der Waals surface area contributed by atoms with Crippen LogP contribution in [0.15, 0.2) is 71.6 Å². The molecule has 0 spiro atoms. The number of anilines is 1. The van der Waals surface area contributed by atoms with Crippen LogP contribution in [0.1, 0.15) is 50.2 Å². The lowest BCUT2D eigenvalue weighted by molar-refractivity contribution is 0.600. The maximum Gasteiger partial charge on any atom is 0.261 e. The maximum atomic E-state index is 14.5. The summed E-state index contributed by atoms with van der Waals surface area (Å²) in [6.45, 7) is 3.88. The molecule has 3 nitrogen and oxygen atoms in total. The molecule has 0 saturated heterocycles. The monoisotopic (exact) mass is 439 g/mol. The second-order valence-corrected chi connectivity index (χ2v) is 9.61. The van der Waals surface area contributed by atoms with E-state index in [0.717, 1.165) is 24.8 Å². The normalized spacial score (nSPS) is 11.5. The Balaban J connectivity index is 1.80. The first-order valence-corrected chi connectivity index (χ1v) is 12.4. The van der Waals surface area contributed by atoms with E-state index in [2.05, 4.69) is 11.6 Å². The van der Waals surface area contributed by atoms with Crippen molar-refractivity contribution >= 4 is 15.7 Å². The van der Waals surface area contributed by atoms with Crippen molar-refractivity contribution in [1.82, 2.24) is 0 Å². The molecule has 3 aromatic rings. The fourth-order valence-corrected chi connectivity index (χ4v) is 4.82. The average Bonchev–Trinajstić information content (AvgIpc) is 2.76. The number of sulfonamides is 1. The zero-order valence-corrected chi connectivity index (χ0v) is 19.0. The van der Waals surface area contributed by atoms with Gasteiger partial charge in [0.15, 0.2) is 0 Å². The summed E-state index contributed by atoms with van der Waals surface area (Å²) in [6, 6.07) is 19.1. The highest BCUT2D eigenvalue weighted by molar-refractivity contribution is 7.92.